The zero-order valence-corrected chi connectivity index (χ0v) is 23.2. The summed E-state index contributed by atoms with van der Waals surface area (Å²) in [5.74, 6) is 3.24. The summed E-state index contributed by atoms with van der Waals surface area (Å²) < 4.78 is 11.9. The van der Waals surface area contributed by atoms with E-state index in [9.17, 15) is 0 Å². The number of anilines is 3. The van der Waals surface area contributed by atoms with Crippen LogP contribution >= 0.6 is 11.6 Å². The third-order valence-electron chi connectivity index (χ3n) is 6.84. The van der Waals surface area contributed by atoms with Crippen LogP contribution in [0.15, 0.2) is 47.6 Å². The topological polar surface area (TPSA) is 88.0 Å². The second kappa shape index (κ2) is 13.5. The second-order valence-corrected chi connectivity index (χ2v) is 10.2. The zero-order chi connectivity index (χ0) is 26.9. The predicted molar refractivity (Wildman–Crippen MR) is 157 cm³/mol. The molecule has 0 bridgehead atoms. The molecule has 1 N–H and O–H groups in total. The summed E-state index contributed by atoms with van der Waals surface area (Å²) in [6.45, 7) is 6.78. The fraction of sp³-hybridized carbons (Fsp3) is 0.448. The van der Waals surface area contributed by atoms with Gasteiger partial charge in [-0.05, 0) is 86.9 Å². The molecule has 0 atom stereocenters. The first kappa shape index (κ1) is 27.0. The normalized spacial score (nSPS) is 15.9. The smallest absolute Gasteiger partial charge is 0.250 e. The first-order chi connectivity index (χ1) is 19.2. The van der Waals surface area contributed by atoms with Crippen LogP contribution in [0.2, 0.25) is 5.02 Å². The number of piperidine rings is 2. The van der Waals surface area contributed by atoms with Gasteiger partial charge in [0.1, 0.15) is 6.61 Å². The minimum Gasteiger partial charge on any atom is -0.490 e. The van der Waals surface area contributed by atoms with Crippen molar-refractivity contribution in [1.29, 1.82) is 0 Å². The Morgan fingerprint density at radius 2 is 1.46 bits per heavy atom. The molecule has 0 unspecified atom stereocenters. The molecule has 39 heavy (non-hydrogen) atoms. The van der Waals surface area contributed by atoms with Crippen LogP contribution in [-0.4, -0.2) is 54.0 Å². The number of rotatable bonds is 10. The summed E-state index contributed by atoms with van der Waals surface area (Å²) in [6, 6.07) is 13.4. The summed E-state index contributed by atoms with van der Waals surface area (Å²) in [7, 11) is 0. The number of nitrogens with one attached hydrogen (secondary N) is 1. The predicted octanol–water partition coefficient (Wildman–Crippen LogP) is 5.93. The van der Waals surface area contributed by atoms with Gasteiger partial charge in [0.2, 0.25) is 17.8 Å². The molecule has 2 fully saturated rings. The van der Waals surface area contributed by atoms with Gasteiger partial charge in [0, 0.05) is 31.2 Å². The first-order valence-corrected chi connectivity index (χ1v) is 14.2. The van der Waals surface area contributed by atoms with Crippen molar-refractivity contribution in [1.82, 2.24) is 15.0 Å². The lowest BCUT2D eigenvalue weighted by molar-refractivity contribution is 0.269. The van der Waals surface area contributed by atoms with Gasteiger partial charge in [0.05, 0.1) is 12.8 Å². The van der Waals surface area contributed by atoms with Gasteiger partial charge in [-0.1, -0.05) is 23.7 Å². The molecular formula is C29H36ClN7O2. The Kier molecular flexibility index (Phi) is 9.32. The monoisotopic (exact) mass is 549 g/mol. The van der Waals surface area contributed by atoms with Gasteiger partial charge in [-0.2, -0.15) is 20.1 Å². The van der Waals surface area contributed by atoms with E-state index < -0.39 is 0 Å². The minimum atomic E-state index is 0.421. The van der Waals surface area contributed by atoms with Crippen LogP contribution in [0.1, 0.15) is 56.6 Å². The molecule has 2 aliphatic rings. The van der Waals surface area contributed by atoms with Gasteiger partial charge >= 0.3 is 0 Å². The number of hydrazone groups is 1. The van der Waals surface area contributed by atoms with Gasteiger partial charge < -0.3 is 19.3 Å². The fourth-order valence-corrected chi connectivity index (χ4v) is 4.90. The van der Waals surface area contributed by atoms with Crippen LogP contribution in [0.3, 0.4) is 0 Å². The molecule has 5 rings (SSSR count). The summed E-state index contributed by atoms with van der Waals surface area (Å²) in [4.78, 5) is 18.7. The highest BCUT2D eigenvalue weighted by atomic mass is 35.5. The molecular weight excluding hydrogens is 514 g/mol. The van der Waals surface area contributed by atoms with Crippen molar-refractivity contribution in [2.24, 2.45) is 5.10 Å². The molecule has 0 spiro atoms. The lowest BCUT2D eigenvalue weighted by atomic mass is 10.1. The van der Waals surface area contributed by atoms with E-state index in [-0.39, 0.29) is 0 Å². The average Bonchev–Trinajstić information content (AvgIpc) is 2.98. The fourth-order valence-electron chi connectivity index (χ4n) is 4.77. The Balaban J connectivity index is 1.29. The Bertz CT molecular complexity index is 1210. The van der Waals surface area contributed by atoms with E-state index in [4.69, 9.17) is 36.0 Å². The summed E-state index contributed by atoms with van der Waals surface area (Å²) in [5, 5.41) is 5.15. The maximum absolute atomic E-state index is 6.02. The van der Waals surface area contributed by atoms with Gasteiger partial charge in [-0.3, -0.25) is 0 Å². The Labute approximate surface area is 235 Å². The van der Waals surface area contributed by atoms with E-state index in [1.807, 2.05) is 49.4 Å². The molecule has 9 nitrogen and oxygen atoms in total. The number of nitrogens with zero attached hydrogens (tertiary/aromatic N) is 6. The second-order valence-electron chi connectivity index (χ2n) is 9.78. The number of hydrogen-bond donors (Lipinski definition) is 1. The summed E-state index contributed by atoms with van der Waals surface area (Å²) >= 11 is 5.99. The molecule has 2 aromatic carbocycles. The van der Waals surface area contributed by atoms with Crippen LogP contribution < -0.4 is 24.7 Å². The van der Waals surface area contributed by atoms with Crippen molar-refractivity contribution in [3.05, 3.63) is 58.6 Å². The van der Waals surface area contributed by atoms with Gasteiger partial charge in [0.15, 0.2) is 11.5 Å². The number of benzene rings is 2. The van der Waals surface area contributed by atoms with E-state index in [2.05, 4.69) is 20.3 Å². The Morgan fingerprint density at radius 1 is 0.821 bits per heavy atom. The lowest BCUT2D eigenvalue weighted by Crippen LogP contribution is -2.34. The van der Waals surface area contributed by atoms with Crippen molar-refractivity contribution in [3.8, 4) is 11.5 Å². The molecule has 3 heterocycles. The van der Waals surface area contributed by atoms with Gasteiger partial charge in [-0.15, -0.1) is 0 Å². The van der Waals surface area contributed by atoms with Crippen LogP contribution in [0.25, 0.3) is 0 Å². The number of ether oxygens (including phenoxy) is 2. The lowest BCUT2D eigenvalue weighted by Gasteiger charge is -2.30. The number of hydrogen-bond acceptors (Lipinski definition) is 9. The van der Waals surface area contributed by atoms with E-state index in [1.54, 1.807) is 6.21 Å². The third-order valence-corrected chi connectivity index (χ3v) is 7.09. The van der Waals surface area contributed by atoms with Gasteiger partial charge in [0.25, 0.3) is 0 Å². The van der Waals surface area contributed by atoms with E-state index in [1.165, 1.54) is 12.8 Å². The third kappa shape index (κ3) is 7.50. The average molecular weight is 550 g/mol. The van der Waals surface area contributed by atoms with Crippen molar-refractivity contribution in [2.45, 2.75) is 52.1 Å². The molecule has 10 heteroatoms. The minimum absolute atomic E-state index is 0.421. The molecule has 0 amide bonds. The quantitative estimate of drug-likeness (QED) is 0.246. The highest BCUT2D eigenvalue weighted by Gasteiger charge is 2.20. The summed E-state index contributed by atoms with van der Waals surface area (Å²) in [5.41, 5.74) is 4.94. The molecule has 2 saturated heterocycles. The summed E-state index contributed by atoms with van der Waals surface area (Å²) in [6.07, 6.45) is 8.88. The Morgan fingerprint density at radius 3 is 2.08 bits per heavy atom. The van der Waals surface area contributed by atoms with E-state index in [0.29, 0.717) is 35.7 Å². The van der Waals surface area contributed by atoms with Crippen molar-refractivity contribution in [2.75, 3.05) is 48.0 Å². The van der Waals surface area contributed by atoms with Gasteiger partial charge in [-0.25, -0.2) is 5.43 Å². The molecule has 3 aromatic rings. The van der Waals surface area contributed by atoms with Crippen molar-refractivity contribution < 1.29 is 9.47 Å². The molecule has 2 aliphatic heterocycles. The largest absolute Gasteiger partial charge is 0.490 e. The van der Waals surface area contributed by atoms with Crippen molar-refractivity contribution >= 4 is 35.7 Å². The number of aromatic nitrogens is 3. The zero-order valence-electron chi connectivity index (χ0n) is 22.5. The molecule has 0 saturated carbocycles. The molecule has 0 aliphatic carbocycles. The first-order valence-electron chi connectivity index (χ1n) is 13.9. The molecule has 1 aromatic heterocycles. The SMILES string of the molecule is CCOc1cc(/C=N\Nc2nc(N3CCCCC3)nc(N3CCCCC3)n2)ccc1OCc1ccc(Cl)cc1. The van der Waals surface area contributed by atoms with Crippen molar-refractivity contribution in [3.63, 3.8) is 0 Å². The number of halogens is 1. The Hall–Kier alpha value is -3.59. The van der Waals surface area contributed by atoms with Crippen LogP contribution in [0, 0.1) is 0 Å². The van der Waals surface area contributed by atoms with Crippen LogP contribution in [0.4, 0.5) is 17.8 Å². The maximum atomic E-state index is 6.02. The molecule has 206 valence electrons. The standard InChI is InChI=1S/C29H36ClN7O2/c1-2-38-26-19-23(11-14-25(26)39-21-22-9-12-24(30)13-10-22)20-31-35-27-32-28(36-15-5-3-6-16-36)34-29(33-27)37-17-7-4-8-18-37/h9-14,19-20H,2-8,15-18,21H2,1H3,(H,32,33,34,35)/b31-20-. The van der Waals surface area contributed by atoms with E-state index >= 15 is 0 Å². The van der Waals surface area contributed by atoms with E-state index in [0.717, 1.165) is 74.9 Å². The highest BCUT2D eigenvalue weighted by molar-refractivity contribution is 6.30. The van der Waals surface area contributed by atoms with Crippen LogP contribution in [0.5, 0.6) is 11.5 Å². The highest BCUT2D eigenvalue weighted by Crippen LogP contribution is 2.29. The molecule has 0 radical (unpaired) electrons. The van der Waals surface area contributed by atoms with Crippen LogP contribution in [-0.2, 0) is 6.61 Å². The maximum Gasteiger partial charge on any atom is 0.250 e.